The largest absolute Gasteiger partial charge is 0.453 e. The molecule has 25 heavy (non-hydrogen) atoms. The van der Waals surface area contributed by atoms with Crippen LogP contribution in [0, 0.1) is 0 Å². The fourth-order valence-electron chi connectivity index (χ4n) is 2.32. The van der Waals surface area contributed by atoms with Crippen LogP contribution in [0.4, 0.5) is 5.69 Å². The van der Waals surface area contributed by atoms with Gasteiger partial charge in [0.15, 0.2) is 6.10 Å². The summed E-state index contributed by atoms with van der Waals surface area (Å²) in [5.74, 6) is -0.863. The standard InChI is InChI=1S/C19H19Cl2NO3/c1-12(14-6-4-3-5-7-14)8-18(23)25-13(2)19(24)22-17-10-15(20)9-16(21)11-17/h3-7,9-13H,8H2,1-2H3,(H,22,24)/t12-,13+/m1/s1. The third kappa shape index (κ3) is 6.07. The highest BCUT2D eigenvalue weighted by atomic mass is 35.5. The maximum atomic E-state index is 12.2. The van der Waals surface area contributed by atoms with Crippen LogP contribution in [0.2, 0.25) is 10.0 Å². The predicted octanol–water partition coefficient (Wildman–Crippen LogP) is 5.06. The van der Waals surface area contributed by atoms with Crippen molar-refractivity contribution in [2.24, 2.45) is 0 Å². The normalized spacial score (nSPS) is 13.0. The quantitative estimate of drug-likeness (QED) is 0.713. The molecule has 1 N–H and O–H groups in total. The maximum absolute atomic E-state index is 12.2. The van der Waals surface area contributed by atoms with Crippen LogP contribution in [0.5, 0.6) is 0 Å². The van der Waals surface area contributed by atoms with Crippen molar-refractivity contribution in [3.63, 3.8) is 0 Å². The van der Waals surface area contributed by atoms with Crippen LogP contribution in [-0.2, 0) is 14.3 Å². The van der Waals surface area contributed by atoms with E-state index in [1.807, 2.05) is 37.3 Å². The number of ether oxygens (including phenoxy) is 1. The van der Waals surface area contributed by atoms with E-state index in [0.717, 1.165) is 5.56 Å². The highest BCUT2D eigenvalue weighted by molar-refractivity contribution is 6.35. The number of esters is 1. The minimum atomic E-state index is -0.923. The summed E-state index contributed by atoms with van der Waals surface area (Å²) < 4.78 is 5.22. The summed E-state index contributed by atoms with van der Waals surface area (Å²) in [4.78, 5) is 24.2. The number of anilines is 1. The molecule has 0 aliphatic carbocycles. The van der Waals surface area contributed by atoms with E-state index >= 15 is 0 Å². The van der Waals surface area contributed by atoms with E-state index < -0.39 is 18.0 Å². The van der Waals surface area contributed by atoms with Crippen molar-refractivity contribution >= 4 is 40.8 Å². The number of carbonyl (C=O) groups excluding carboxylic acids is 2. The Bertz CT molecular complexity index is 729. The monoisotopic (exact) mass is 379 g/mol. The Morgan fingerprint density at radius 3 is 2.24 bits per heavy atom. The second-order valence-corrected chi connectivity index (χ2v) is 6.67. The van der Waals surface area contributed by atoms with Crippen molar-refractivity contribution in [3.8, 4) is 0 Å². The Morgan fingerprint density at radius 2 is 1.64 bits per heavy atom. The van der Waals surface area contributed by atoms with Crippen molar-refractivity contribution in [3.05, 3.63) is 64.1 Å². The fourth-order valence-corrected chi connectivity index (χ4v) is 2.84. The van der Waals surface area contributed by atoms with Crippen LogP contribution in [0.1, 0.15) is 31.7 Å². The summed E-state index contributed by atoms with van der Waals surface area (Å²) in [7, 11) is 0. The molecule has 0 bridgehead atoms. The summed E-state index contributed by atoms with van der Waals surface area (Å²) in [6.45, 7) is 3.46. The van der Waals surface area contributed by atoms with Gasteiger partial charge in [-0.1, -0.05) is 60.5 Å². The van der Waals surface area contributed by atoms with Gasteiger partial charge in [-0.05, 0) is 36.6 Å². The van der Waals surface area contributed by atoms with Crippen molar-refractivity contribution in [2.75, 3.05) is 5.32 Å². The smallest absolute Gasteiger partial charge is 0.307 e. The molecule has 0 spiro atoms. The number of hydrogen-bond acceptors (Lipinski definition) is 3. The molecule has 1 amide bonds. The lowest BCUT2D eigenvalue weighted by molar-refractivity contribution is -0.153. The van der Waals surface area contributed by atoms with Gasteiger partial charge in [0.2, 0.25) is 0 Å². The molecule has 0 unspecified atom stereocenters. The van der Waals surface area contributed by atoms with E-state index in [9.17, 15) is 9.59 Å². The molecule has 0 fully saturated rings. The van der Waals surface area contributed by atoms with Crippen molar-refractivity contribution in [1.29, 1.82) is 0 Å². The molecule has 0 aliphatic rings. The third-order valence-corrected chi connectivity index (χ3v) is 4.09. The summed E-state index contributed by atoms with van der Waals surface area (Å²) in [5.41, 5.74) is 1.49. The van der Waals surface area contributed by atoms with Crippen LogP contribution >= 0.6 is 23.2 Å². The third-order valence-electron chi connectivity index (χ3n) is 3.65. The summed E-state index contributed by atoms with van der Waals surface area (Å²) >= 11 is 11.8. The number of benzene rings is 2. The second kappa shape index (κ2) is 8.88. The van der Waals surface area contributed by atoms with Crippen LogP contribution < -0.4 is 5.32 Å². The van der Waals surface area contributed by atoms with Crippen LogP contribution in [0.25, 0.3) is 0 Å². The number of halogens is 2. The van der Waals surface area contributed by atoms with E-state index in [2.05, 4.69) is 5.32 Å². The molecule has 0 saturated heterocycles. The fraction of sp³-hybridized carbons (Fsp3) is 0.263. The predicted molar refractivity (Wildman–Crippen MR) is 100 cm³/mol. The first-order chi connectivity index (χ1) is 11.8. The summed E-state index contributed by atoms with van der Waals surface area (Å²) in [6, 6.07) is 14.4. The molecule has 0 heterocycles. The Balaban J connectivity index is 1.88. The first kappa shape index (κ1) is 19.3. The lowest BCUT2D eigenvalue weighted by atomic mass is 9.98. The van der Waals surface area contributed by atoms with E-state index in [1.165, 1.54) is 6.92 Å². The highest BCUT2D eigenvalue weighted by Crippen LogP contribution is 2.23. The molecule has 132 valence electrons. The lowest BCUT2D eigenvalue weighted by Gasteiger charge is -2.16. The topological polar surface area (TPSA) is 55.4 Å². The molecule has 2 rings (SSSR count). The molecule has 6 heteroatoms. The van der Waals surface area contributed by atoms with E-state index in [1.54, 1.807) is 18.2 Å². The van der Waals surface area contributed by atoms with Crippen LogP contribution in [0.3, 0.4) is 0 Å². The molecule has 0 radical (unpaired) electrons. The molecule has 2 aromatic carbocycles. The van der Waals surface area contributed by atoms with Crippen molar-refractivity contribution in [2.45, 2.75) is 32.3 Å². The van der Waals surface area contributed by atoms with Gasteiger partial charge in [-0.2, -0.15) is 0 Å². The Kier molecular flexibility index (Phi) is 6.85. The molecule has 0 aliphatic heterocycles. The maximum Gasteiger partial charge on any atom is 0.307 e. The van der Waals surface area contributed by atoms with Gasteiger partial charge in [0.05, 0.1) is 6.42 Å². The molecule has 0 aromatic heterocycles. The average molecular weight is 380 g/mol. The SMILES string of the molecule is C[C@H](OC(=O)C[C@@H](C)c1ccccc1)C(=O)Nc1cc(Cl)cc(Cl)c1. The number of nitrogens with one attached hydrogen (secondary N) is 1. The first-order valence-electron chi connectivity index (χ1n) is 7.86. The number of hydrogen-bond donors (Lipinski definition) is 1. The molecular formula is C19H19Cl2NO3. The van der Waals surface area contributed by atoms with Gasteiger partial charge in [-0.25, -0.2) is 0 Å². The average Bonchev–Trinajstić information content (AvgIpc) is 2.54. The van der Waals surface area contributed by atoms with Gasteiger partial charge in [-0.3, -0.25) is 9.59 Å². The molecule has 4 nitrogen and oxygen atoms in total. The Morgan fingerprint density at radius 1 is 1.04 bits per heavy atom. The van der Waals surface area contributed by atoms with Crippen molar-refractivity contribution in [1.82, 2.24) is 0 Å². The zero-order valence-corrected chi connectivity index (χ0v) is 15.5. The van der Waals surface area contributed by atoms with Gasteiger partial charge >= 0.3 is 5.97 Å². The highest BCUT2D eigenvalue weighted by Gasteiger charge is 2.20. The van der Waals surface area contributed by atoms with Gasteiger partial charge < -0.3 is 10.1 Å². The number of rotatable bonds is 6. The van der Waals surface area contributed by atoms with E-state index in [0.29, 0.717) is 15.7 Å². The Labute approximate surface area is 157 Å². The van der Waals surface area contributed by atoms with Gasteiger partial charge in [0.1, 0.15) is 0 Å². The first-order valence-corrected chi connectivity index (χ1v) is 8.62. The number of amides is 1. The zero-order valence-electron chi connectivity index (χ0n) is 14.0. The van der Waals surface area contributed by atoms with Gasteiger partial charge in [-0.15, -0.1) is 0 Å². The second-order valence-electron chi connectivity index (χ2n) is 5.80. The summed E-state index contributed by atoms with van der Waals surface area (Å²) in [6.07, 6.45) is -0.724. The minimum absolute atomic E-state index is 0.00991. The zero-order chi connectivity index (χ0) is 18.4. The van der Waals surface area contributed by atoms with E-state index in [4.69, 9.17) is 27.9 Å². The molecule has 2 aromatic rings. The summed E-state index contributed by atoms with van der Waals surface area (Å²) in [5, 5.41) is 3.44. The van der Waals surface area contributed by atoms with Crippen LogP contribution in [0.15, 0.2) is 48.5 Å². The van der Waals surface area contributed by atoms with E-state index in [-0.39, 0.29) is 12.3 Å². The minimum Gasteiger partial charge on any atom is -0.453 e. The molecular weight excluding hydrogens is 361 g/mol. The molecule has 2 atom stereocenters. The Hall–Kier alpha value is -2.04. The van der Waals surface area contributed by atoms with Crippen LogP contribution in [-0.4, -0.2) is 18.0 Å². The van der Waals surface area contributed by atoms with Crippen molar-refractivity contribution < 1.29 is 14.3 Å². The molecule has 0 saturated carbocycles. The lowest BCUT2D eigenvalue weighted by Crippen LogP contribution is -2.30. The number of carbonyl (C=O) groups is 2. The van der Waals surface area contributed by atoms with Gasteiger partial charge in [0.25, 0.3) is 5.91 Å². The van der Waals surface area contributed by atoms with Gasteiger partial charge in [0, 0.05) is 15.7 Å².